The van der Waals surface area contributed by atoms with Crippen molar-refractivity contribution in [3.8, 4) is 22.7 Å². The number of hydrogen-bond acceptors (Lipinski definition) is 7. The Labute approximate surface area is 217 Å². The van der Waals surface area contributed by atoms with Gasteiger partial charge in [0.15, 0.2) is 0 Å². The summed E-state index contributed by atoms with van der Waals surface area (Å²) in [6, 6.07) is 18.4. The van der Waals surface area contributed by atoms with Gasteiger partial charge in [-0.15, -0.1) is 0 Å². The second-order valence-corrected chi connectivity index (χ2v) is 9.28. The van der Waals surface area contributed by atoms with Gasteiger partial charge in [-0.2, -0.15) is 0 Å². The molecule has 190 valence electrons. The van der Waals surface area contributed by atoms with Crippen molar-refractivity contribution < 1.29 is 17.7 Å². The summed E-state index contributed by atoms with van der Waals surface area (Å²) in [5.74, 6) is -1.51. The lowest BCUT2D eigenvalue weighted by molar-refractivity contribution is 0.399. The zero-order valence-corrected chi connectivity index (χ0v) is 20.7. The number of nitrogens with zero attached hydrogens (tertiary/aromatic N) is 4. The molecule has 1 atom stereocenters. The highest BCUT2D eigenvalue weighted by molar-refractivity contribution is 7.98. The van der Waals surface area contributed by atoms with E-state index in [2.05, 4.69) is 15.0 Å². The average molecular weight is 532 g/mol. The van der Waals surface area contributed by atoms with E-state index in [0.29, 0.717) is 33.8 Å². The molecule has 0 aliphatic heterocycles. The lowest BCUT2D eigenvalue weighted by atomic mass is 10.0. The van der Waals surface area contributed by atoms with Gasteiger partial charge in [-0.1, -0.05) is 24.3 Å². The Kier molecular flexibility index (Phi) is 6.75. The number of halogens is 2. The minimum absolute atomic E-state index is 0.0646. The smallest absolute Gasteiger partial charge is 0.267 e. The molecule has 0 saturated carbocycles. The van der Waals surface area contributed by atoms with Crippen molar-refractivity contribution in [1.82, 2.24) is 14.5 Å². The van der Waals surface area contributed by atoms with E-state index in [0.717, 1.165) is 17.7 Å². The number of hydrogen-bond donors (Lipinski definition) is 1. The molecule has 2 N–H and O–H groups in total. The van der Waals surface area contributed by atoms with Gasteiger partial charge in [-0.25, -0.2) is 32.5 Å². The number of nitrogens with two attached hydrogens (primary N) is 1. The molecule has 0 fully saturated rings. The topological polar surface area (TPSA) is 112 Å². The summed E-state index contributed by atoms with van der Waals surface area (Å²) in [7, 11) is -0.592. The van der Waals surface area contributed by atoms with Crippen LogP contribution in [-0.4, -0.2) is 31.4 Å². The first-order valence-electron chi connectivity index (χ1n) is 11.2. The fraction of sp³-hybridized carbons (Fsp3) is 0.0370. The number of rotatable bonds is 6. The zero-order valence-electron chi connectivity index (χ0n) is 19.8. The fourth-order valence-electron chi connectivity index (χ4n) is 3.86. The van der Waals surface area contributed by atoms with Crippen molar-refractivity contribution >= 4 is 38.9 Å². The van der Waals surface area contributed by atoms with E-state index in [1.54, 1.807) is 48.5 Å². The highest BCUT2D eigenvalue weighted by Crippen LogP contribution is 2.31. The summed E-state index contributed by atoms with van der Waals surface area (Å²) < 4.78 is 46.3. The van der Waals surface area contributed by atoms with Gasteiger partial charge in [-0.3, -0.25) is 4.79 Å². The van der Waals surface area contributed by atoms with Crippen molar-refractivity contribution in [3.63, 3.8) is 0 Å². The summed E-state index contributed by atoms with van der Waals surface area (Å²) in [5.41, 5.74) is 9.22. The number of aromatic nitrogens is 3. The molecular weight excluding hydrogens is 512 g/mol. The van der Waals surface area contributed by atoms with Crippen LogP contribution in [0.2, 0.25) is 0 Å². The maximum Gasteiger partial charge on any atom is 0.267 e. The summed E-state index contributed by atoms with van der Waals surface area (Å²) in [6.45, 7) is 0. The van der Waals surface area contributed by atoms with Crippen LogP contribution in [0, 0.1) is 11.6 Å². The molecule has 0 aliphatic rings. The molecule has 0 bridgehead atoms. The number of para-hydroxylation sites is 1. The molecule has 0 radical (unpaired) electrons. The zero-order chi connectivity index (χ0) is 26.8. The lowest BCUT2D eigenvalue weighted by Gasteiger charge is -2.11. The standard InChI is InChI=1S/C27H19F2N5O3S/c1-37-25-23(32-15-38(36)24-10-8-18(28)13-21(24)29)12-17(14-31-25)16-7-9-22-20(11-16)26(35)34(27(30)33-22)19-5-3-2-4-6-19/h2-15H,1H3,(H2,30,33). The van der Waals surface area contributed by atoms with Crippen LogP contribution in [0.25, 0.3) is 27.7 Å². The van der Waals surface area contributed by atoms with E-state index >= 15 is 0 Å². The van der Waals surface area contributed by atoms with E-state index < -0.39 is 22.4 Å². The number of aliphatic imine (C=N–C) groups is 1. The van der Waals surface area contributed by atoms with Crippen LogP contribution in [0.15, 0.2) is 93.7 Å². The lowest BCUT2D eigenvalue weighted by Crippen LogP contribution is -2.23. The Bertz CT molecular complexity index is 1790. The molecule has 0 aliphatic carbocycles. The normalized spacial score (nSPS) is 12.2. The van der Waals surface area contributed by atoms with Crippen LogP contribution in [0.3, 0.4) is 0 Å². The predicted molar refractivity (Wildman–Crippen MR) is 142 cm³/mol. The Hall–Kier alpha value is -4.77. The fourth-order valence-corrected chi connectivity index (χ4v) is 4.63. The molecule has 5 rings (SSSR count). The molecular formula is C27H19F2N5O3S. The van der Waals surface area contributed by atoms with Gasteiger partial charge in [-0.05, 0) is 48.0 Å². The number of fused-ring (bicyclic) bond motifs is 1. The Morgan fingerprint density at radius 3 is 2.55 bits per heavy atom. The summed E-state index contributed by atoms with van der Waals surface area (Å²) in [5, 5.41) is 0.342. The van der Waals surface area contributed by atoms with Crippen molar-refractivity contribution in [2.45, 2.75) is 4.90 Å². The summed E-state index contributed by atoms with van der Waals surface area (Å²) >= 11 is 0. The summed E-state index contributed by atoms with van der Waals surface area (Å²) in [6.07, 6.45) is 1.54. The van der Waals surface area contributed by atoms with Gasteiger partial charge < -0.3 is 10.5 Å². The molecule has 1 unspecified atom stereocenters. The second-order valence-electron chi connectivity index (χ2n) is 8.04. The quantitative estimate of drug-likeness (QED) is 0.249. The van der Waals surface area contributed by atoms with Gasteiger partial charge >= 0.3 is 0 Å². The van der Waals surface area contributed by atoms with Crippen molar-refractivity contribution in [3.05, 3.63) is 101 Å². The van der Waals surface area contributed by atoms with E-state index in [9.17, 15) is 17.8 Å². The molecule has 0 saturated heterocycles. The van der Waals surface area contributed by atoms with Crippen LogP contribution in [0.1, 0.15) is 0 Å². The van der Waals surface area contributed by atoms with Crippen molar-refractivity contribution in [1.29, 1.82) is 0 Å². The Morgan fingerprint density at radius 2 is 1.82 bits per heavy atom. The Morgan fingerprint density at radius 1 is 1.03 bits per heavy atom. The van der Waals surface area contributed by atoms with E-state index in [1.165, 1.54) is 17.9 Å². The van der Waals surface area contributed by atoms with Gasteiger partial charge in [0.2, 0.25) is 11.8 Å². The molecule has 38 heavy (non-hydrogen) atoms. The van der Waals surface area contributed by atoms with Crippen LogP contribution in [-0.2, 0) is 10.8 Å². The maximum absolute atomic E-state index is 14.0. The number of anilines is 1. The van der Waals surface area contributed by atoms with Gasteiger partial charge in [0.05, 0.1) is 44.9 Å². The highest BCUT2D eigenvalue weighted by atomic mass is 32.2. The minimum atomic E-state index is -1.99. The monoisotopic (exact) mass is 531 g/mol. The van der Waals surface area contributed by atoms with Crippen LogP contribution < -0.4 is 16.0 Å². The minimum Gasteiger partial charge on any atom is -0.479 e. The first-order valence-corrected chi connectivity index (χ1v) is 12.4. The number of nitrogen functional groups attached to an aromatic ring is 1. The highest BCUT2D eigenvalue weighted by Gasteiger charge is 2.14. The van der Waals surface area contributed by atoms with Crippen LogP contribution in [0.4, 0.5) is 20.4 Å². The molecule has 11 heteroatoms. The van der Waals surface area contributed by atoms with Gasteiger partial charge in [0.1, 0.15) is 17.3 Å². The molecule has 5 aromatic rings. The molecule has 2 aromatic heterocycles. The number of methoxy groups -OCH3 is 1. The van der Waals surface area contributed by atoms with E-state index in [1.807, 2.05) is 6.07 Å². The van der Waals surface area contributed by atoms with Crippen LogP contribution in [0.5, 0.6) is 5.88 Å². The Balaban J connectivity index is 1.55. The third-order valence-corrected chi connectivity index (χ3v) is 6.73. The van der Waals surface area contributed by atoms with Crippen LogP contribution >= 0.6 is 0 Å². The third kappa shape index (κ3) is 4.78. The number of benzene rings is 3. The van der Waals surface area contributed by atoms with Crippen molar-refractivity contribution in [2.24, 2.45) is 4.99 Å². The largest absolute Gasteiger partial charge is 0.479 e. The first kappa shape index (κ1) is 24.9. The van der Waals surface area contributed by atoms with Gasteiger partial charge in [0.25, 0.3) is 5.56 Å². The number of ether oxygens (including phenoxy) is 1. The molecule has 0 amide bonds. The van der Waals surface area contributed by atoms with Crippen molar-refractivity contribution in [2.75, 3.05) is 12.8 Å². The molecule has 0 spiro atoms. The SMILES string of the molecule is COc1ncc(-c2ccc3nc(N)n(-c4ccccc4)c(=O)c3c2)cc1N=CS(=O)c1ccc(F)cc1F. The number of pyridine rings is 1. The van der Waals surface area contributed by atoms with Gasteiger partial charge in [0, 0.05) is 17.8 Å². The predicted octanol–water partition coefficient (Wildman–Crippen LogP) is 4.78. The molecule has 2 heterocycles. The van der Waals surface area contributed by atoms with E-state index in [-0.39, 0.29) is 28.0 Å². The molecule has 8 nitrogen and oxygen atoms in total. The summed E-state index contributed by atoms with van der Waals surface area (Å²) in [4.78, 5) is 26.0. The average Bonchev–Trinajstić information content (AvgIpc) is 2.92. The first-order chi connectivity index (χ1) is 18.4. The second kappa shape index (κ2) is 10.3. The molecule has 3 aromatic carbocycles. The van der Waals surface area contributed by atoms with E-state index in [4.69, 9.17) is 10.5 Å². The maximum atomic E-state index is 14.0. The third-order valence-electron chi connectivity index (χ3n) is 5.67.